The van der Waals surface area contributed by atoms with Gasteiger partial charge in [0.15, 0.2) is 0 Å². The average molecular weight is 377 g/mol. The molecule has 0 aromatic carbocycles. The van der Waals surface area contributed by atoms with Gasteiger partial charge in [0.25, 0.3) is 0 Å². The molecule has 0 saturated carbocycles. The van der Waals surface area contributed by atoms with Crippen molar-refractivity contribution in [1.82, 2.24) is 14.7 Å². The number of nitrogens with zero attached hydrogens (tertiary/aromatic N) is 3. The molecule has 1 aromatic rings. The number of furan rings is 1. The minimum absolute atomic E-state index is 0.0193. The van der Waals surface area contributed by atoms with Crippen LogP contribution in [-0.4, -0.2) is 70.9 Å². The first-order valence-electron chi connectivity index (χ1n) is 9.30. The third kappa shape index (κ3) is 4.81. The van der Waals surface area contributed by atoms with Gasteiger partial charge in [-0.1, -0.05) is 0 Å². The average Bonchev–Trinajstić information content (AvgIpc) is 3.23. The minimum Gasteiger partial charge on any atom is -0.467 e. The van der Waals surface area contributed by atoms with E-state index < -0.39 is 5.60 Å². The molecule has 0 aliphatic carbocycles. The summed E-state index contributed by atoms with van der Waals surface area (Å²) in [6.07, 6.45) is 1.45. The van der Waals surface area contributed by atoms with Crippen LogP contribution in [0.25, 0.3) is 0 Å². The molecule has 2 saturated heterocycles. The van der Waals surface area contributed by atoms with Crippen LogP contribution in [0.5, 0.6) is 0 Å². The Balaban J connectivity index is 1.49. The molecule has 1 aromatic heterocycles. The summed E-state index contributed by atoms with van der Waals surface area (Å²) in [4.78, 5) is 42.2. The van der Waals surface area contributed by atoms with Gasteiger partial charge in [0.2, 0.25) is 11.8 Å². The maximum atomic E-state index is 12.8. The summed E-state index contributed by atoms with van der Waals surface area (Å²) in [5.74, 6) is 0.328. The first-order valence-corrected chi connectivity index (χ1v) is 9.30. The Bertz CT molecular complexity index is 687. The van der Waals surface area contributed by atoms with Crippen molar-refractivity contribution in [2.75, 3.05) is 32.7 Å². The lowest BCUT2D eigenvalue weighted by molar-refractivity contribution is -0.137. The van der Waals surface area contributed by atoms with Crippen LogP contribution in [0.3, 0.4) is 0 Å². The van der Waals surface area contributed by atoms with E-state index in [4.69, 9.17) is 9.15 Å². The largest absolute Gasteiger partial charge is 0.467 e. The van der Waals surface area contributed by atoms with Gasteiger partial charge in [-0.2, -0.15) is 0 Å². The van der Waals surface area contributed by atoms with Crippen molar-refractivity contribution in [3.63, 3.8) is 0 Å². The molecule has 0 N–H and O–H groups in total. The number of carbonyl (C=O) groups excluding carboxylic acids is 3. The van der Waals surface area contributed by atoms with Crippen LogP contribution in [0.15, 0.2) is 22.8 Å². The maximum absolute atomic E-state index is 12.8. The Morgan fingerprint density at radius 1 is 1.19 bits per heavy atom. The van der Waals surface area contributed by atoms with Gasteiger partial charge in [-0.15, -0.1) is 0 Å². The molecule has 8 nitrogen and oxygen atoms in total. The maximum Gasteiger partial charge on any atom is 0.410 e. The second kappa shape index (κ2) is 7.62. The van der Waals surface area contributed by atoms with E-state index in [2.05, 4.69) is 0 Å². The fourth-order valence-corrected chi connectivity index (χ4v) is 3.38. The summed E-state index contributed by atoms with van der Waals surface area (Å²) in [5.41, 5.74) is -0.536. The van der Waals surface area contributed by atoms with Crippen molar-refractivity contribution in [2.24, 2.45) is 5.92 Å². The number of ether oxygens (including phenoxy) is 1. The monoisotopic (exact) mass is 377 g/mol. The van der Waals surface area contributed by atoms with Crippen LogP contribution in [0, 0.1) is 5.92 Å². The molecule has 0 radical (unpaired) electrons. The number of hydrogen-bond acceptors (Lipinski definition) is 5. The normalized spacial score (nSPS) is 20.9. The summed E-state index contributed by atoms with van der Waals surface area (Å²) in [7, 11) is 0. The van der Waals surface area contributed by atoms with Crippen molar-refractivity contribution >= 4 is 17.9 Å². The minimum atomic E-state index is -0.536. The zero-order valence-electron chi connectivity index (χ0n) is 16.1. The van der Waals surface area contributed by atoms with Gasteiger partial charge in [-0.3, -0.25) is 9.59 Å². The fraction of sp³-hybridized carbons (Fsp3) is 0.632. The van der Waals surface area contributed by atoms with E-state index in [1.54, 1.807) is 27.0 Å². The van der Waals surface area contributed by atoms with E-state index in [0.29, 0.717) is 45.0 Å². The second-order valence-corrected chi connectivity index (χ2v) is 8.05. The highest BCUT2D eigenvalue weighted by molar-refractivity contribution is 5.89. The lowest BCUT2D eigenvalue weighted by Gasteiger charge is -2.36. The molecular formula is C19H27N3O5. The predicted molar refractivity (Wildman–Crippen MR) is 96.6 cm³/mol. The van der Waals surface area contributed by atoms with Crippen LogP contribution in [0.1, 0.15) is 33.0 Å². The summed E-state index contributed by atoms with van der Waals surface area (Å²) in [6, 6.07) is 3.60. The molecule has 2 fully saturated rings. The van der Waals surface area contributed by atoms with Crippen molar-refractivity contribution in [3.05, 3.63) is 24.2 Å². The van der Waals surface area contributed by atoms with Crippen molar-refractivity contribution in [3.8, 4) is 0 Å². The lowest BCUT2D eigenvalue weighted by Crippen LogP contribution is -2.53. The van der Waals surface area contributed by atoms with Crippen molar-refractivity contribution in [1.29, 1.82) is 0 Å². The molecule has 3 heterocycles. The van der Waals surface area contributed by atoms with Crippen molar-refractivity contribution < 1.29 is 23.5 Å². The molecule has 1 atom stereocenters. The summed E-state index contributed by atoms with van der Waals surface area (Å²) in [5, 5.41) is 0. The molecule has 148 valence electrons. The first kappa shape index (κ1) is 19.3. The molecule has 0 bridgehead atoms. The van der Waals surface area contributed by atoms with E-state index in [9.17, 15) is 14.4 Å². The second-order valence-electron chi connectivity index (χ2n) is 8.05. The van der Waals surface area contributed by atoms with E-state index in [-0.39, 0.29) is 30.2 Å². The standard InChI is InChI=1S/C19H27N3O5/c1-19(2,3)27-18(25)21-8-6-20(7-9-21)17(24)14-11-16(23)22(12-14)13-15-5-4-10-26-15/h4-5,10,14H,6-9,11-13H2,1-3H3. The Morgan fingerprint density at radius 2 is 1.85 bits per heavy atom. The smallest absolute Gasteiger partial charge is 0.410 e. The highest BCUT2D eigenvalue weighted by atomic mass is 16.6. The van der Waals surface area contributed by atoms with Gasteiger partial charge < -0.3 is 23.9 Å². The highest BCUT2D eigenvalue weighted by Gasteiger charge is 2.38. The topological polar surface area (TPSA) is 83.3 Å². The number of amides is 3. The van der Waals surface area contributed by atoms with E-state index >= 15 is 0 Å². The zero-order valence-corrected chi connectivity index (χ0v) is 16.1. The van der Waals surface area contributed by atoms with Gasteiger partial charge in [-0.05, 0) is 32.9 Å². The van der Waals surface area contributed by atoms with Gasteiger partial charge >= 0.3 is 6.09 Å². The molecule has 1 unspecified atom stereocenters. The molecule has 2 aliphatic heterocycles. The summed E-state index contributed by atoms with van der Waals surface area (Å²) < 4.78 is 10.7. The SMILES string of the molecule is CC(C)(C)OC(=O)N1CCN(C(=O)C2CC(=O)N(Cc3ccco3)C2)CC1. The van der Waals surface area contributed by atoms with Crippen LogP contribution >= 0.6 is 0 Å². The molecule has 27 heavy (non-hydrogen) atoms. The number of rotatable bonds is 3. The van der Waals surface area contributed by atoms with E-state index in [1.807, 2.05) is 26.8 Å². The number of hydrogen-bond donors (Lipinski definition) is 0. The fourth-order valence-electron chi connectivity index (χ4n) is 3.38. The Morgan fingerprint density at radius 3 is 2.44 bits per heavy atom. The first-order chi connectivity index (χ1) is 12.7. The number of likely N-dealkylation sites (tertiary alicyclic amines) is 1. The van der Waals surface area contributed by atoms with Crippen LogP contribution in [0.2, 0.25) is 0 Å². The molecule has 2 aliphatic rings. The van der Waals surface area contributed by atoms with Crippen LogP contribution in [0.4, 0.5) is 4.79 Å². The number of piperazine rings is 1. The third-order valence-electron chi connectivity index (χ3n) is 4.73. The van der Waals surface area contributed by atoms with Gasteiger partial charge in [0, 0.05) is 39.1 Å². The summed E-state index contributed by atoms with van der Waals surface area (Å²) in [6.45, 7) is 8.09. The number of carbonyl (C=O) groups is 3. The quantitative estimate of drug-likeness (QED) is 0.801. The molecule has 3 amide bonds. The highest BCUT2D eigenvalue weighted by Crippen LogP contribution is 2.23. The van der Waals surface area contributed by atoms with Crippen molar-refractivity contribution in [2.45, 2.75) is 39.3 Å². The van der Waals surface area contributed by atoms with E-state index in [0.717, 1.165) is 0 Å². The Kier molecular flexibility index (Phi) is 5.43. The third-order valence-corrected chi connectivity index (χ3v) is 4.73. The molecule has 0 spiro atoms. The van der Waals surface area contributed by atoms with Gasteiger partial charge in [-0.25, -0.2) is 4.79 Å². The molecular weight excluding hydrogens is 350 g/mol. The Hall–Kier alpha value is -2.51. The van der Waals surface area contributed by atoms with Crippen LogP contribution < -0.4 is 0 Å². The molecule has 3 rings (SSSR count). The Labute approximate surface area is 159 Å². The van der Waals surface area contributed by atoms with Gasteiger partial charge in [0.05, 0.1) is 18.7 Å². The lowest BCUT2D eigenvalue weighted by atomic mass is 10.1. The summed E-state index contributed by atoms with van der Waals surface area (Å²) >= 11 is 0. The predicted octanol–water partition coefficient (Wildman–Crippen LogP) is 1.71. The van der Waals surface area contributed by atoms with E-state index in [1.165, 1.54) is 0 Å². The van der Waals surface area contributed by atoms with Crippen LogP contribution in [-0.2, 0) is 20.9 Å². The zero-order chi connectivity index (χ0) is 19.6. The van der Waals surface area contributed by atoms with Gasteiger partial charge in [0.1, 0.15) is 11.4 Å². The molecule has 8 heteroatoms.